The minimum absolute atomic E-state index is 0.0685. The maximum Gasteiger partial charge on any atom is 0.262 e. The number of hydrogen-bond acceptors (Lipinski definition) is 14. The van der Waals surface area contributed by atoms with Gasteiger partial charge in [-0.15, -0.1) is 11.8 Å². The molecule has 6 heterocycles. The van der Waals surface area contributed by atoms with E-state index in [4.69, 9.17) is 4.74 Å². The lowest BCUT2D eigenvalue weighted by Gasteiger charge is -2.54. The molecular weight excluding hydrogens is 903 g/mol. The predicted octanol–water partition coefficient (Wildman–Crippen LogP) is 1.24. The lowest BCUT2D eigenvalue weighted by atomic mass is 9.72. The van der Waals surface area contributed by atoms with Crippen LogP contribution in [0.4, 0.5) is 5.69 Å². The maximum atomic E-state index is 13.6. The molecule has 0 radical (unpaired) electrons. The number of fused-ring (bicyclic) bond motifs is 1. The summed E-state index contributed by atoms with van der Waals surface area (Å²) in [6.07, 6.45) is 5.68. The number of piperidine rings is 2. The number of carbonyl (C=O) groups excluding carboxylic acids is 7. The lowest BCUT2D eigenvalue weighted by molar-refractivity contribution is -0.147. The SMILES string of the molecule is CS(=O)(=O)N1CCC(C(=O)N[C@@H](CCOCCCC(=O)N2CC3(CCN(CCCNc4ccc5c(c4)C(=O)N(C4CCC(=O)NC4=O)C5=O)CC3)C2)C(=O)NC2NC(c3ccccc3)CS2)C1. The second kappa shape index (κ2) is 21.2. The summed E-state index contributed by atoms with van der Waals surface area (Å²) in [5.74, 6) is -2.51. The molecule has 6 aliphatic heterocycles. The fraction of sp³-hybridized carbons (Fsp3) is 0.587. The van der Waals surface area contributed by atoms with Crippen LogP contribution in [0.15, 0.2) is 48.5 Å². The highest BCUT2D eigenvalue weighted by Gasteiger charge is 2.47. The number of likely N-dealkylation sites (tertiary alicyclic amines) is 2. The molecule has 2 aromatic carbocycles. The van der Waals surface area contributed by atoms with Crippen molar-refractivity contribution in [1.82, 2.24) is 40.3 Å². The summed E-state index contributed by atoms with van der Waals surface area (Å²) in [7, 11) is -3.43. The van der Waals surface area contributed by atoms with Crippen molar-refractivity contribution >= 4 is 68.8 Å². The molecule has 1 spiro atoms. The fourth-order valence-corrected chi connectivity index (χ4v) is 11.9. The van der Waals surface area contributed by atoms with Crippen LogP contribution in [0.5, 0.6) is 0 Å². The number of nitrogens with zero attached hydrogens (tertiary/aromatic N) is 4. The van der Waals surface area contributed by atoms with Crippen LogP contribution < -0.4 is 26.6 Å². The van der Waals surface area contributed by atoms with Crippen LogP contribution in [0.25, 0.3) is 0 Å². The highest BCUT2D eigenvalue weighted by atomic mass is 32.2. The van der Waals surface area contributed by atoms with Crippen LogP contribution in [-0.4, -0.2) is 164 Å². The number of anilines is 1. The van der Waals surface area contributed by atoms with Crippen LogP contribution in [-0.2, 0) is 38.7 Å². The van der Waals surface area contributed by atoms with Gasteiger partial charge in [0.1, 0.15) is 17.6 Å². The smallest absolute Gasteiger partial charge is 0.262 e. The summed E-state index contributed by atoms with van der Waals surface area (Å²) in [4.78, 5) is 95.4. The predicted molar refractivity (Wildman–Crippen MR) is 249 cm³/mol. The van der Waals surface area contributed by atoms with Crippen LogP contribution in [0.1, 0.15) is 90.1 Å². The number of rotatable bonds is 19. The average molecular weight is 964 g/mol. The first-order valence-corrected chi connectivity index (χ1v) is 26.2. The van der Waals surface area contributed by atoms with E-state index in [1.165, 1.54) is 4.31 Å². The van der Waals surface area contributed by atoms with Crippen molar-refractivity contribution in [2.45, 2.75) is 81.4 Å². The number of amides is 7. The van der Waals surface area contributed by atoms with E-state index in [0.29, 0.717) is 38.1 Å². The second-order valence-corrected chi connectivity index (χ2v) is 21.7. The van der Waals surface area contributed by atoms with E-state index in [-0.39, 0.29) is 84.8 Å². The van der Waals surface area contributed by atoms with Gasteiger partial charge >= 0.3 is 0 Å². The summed E-state index contributed by atoms with van der Waals surface area (Å²) >= 11 is 1.57. The van der Waals surface area contributed by atoms with Crippen molar-refractivity contribution in [3.05, 3.63) is 65.2 Å². The Kier molecular flexibility index (Phi) is 15.3. The molecule has 5 atom stereocenters. The number of thioether (sulfide) groups is 1. The molecule has 362 valence electrons. The van der Waals surface area contributed by atoms with Crippen LogP contribution in [0.2, 0.25) is 0 Å². The van der Waals surface area contributed by atoms with Crippen molar-refractivity contribution in [3.8, 4) is 0 Å². The Morgan fingerprint density at radius 1 is 0.940 bits per heavy atom. The molecule has 19 nitrogen and oxygen atoms in total. The Morgan fingerprint density at radius 3 is 2.43 bits per heavy atom. The first kappa shape index (κ1) is 48.5. The Labute approximate surface area is 395 Å². The average Bonchev–Trinajstić information content (AvgIpc) is 4.05. The summed E-state index contributed by atoms with van der Waals surface area (Å²) in [6.45, 7) is 5.81. The van der Waals surface area contributed by atoms with E-state index < -0.39 is 51.7 Å². The monoisotopic (exact) mass is 963 g/mol. The van der Waals surface area contributed by atoms with Gasteiger partial charge in [0.2, 0.25) is 39.6 Å². The van der Waals surface area contributed by atoms with Crippen LogP contribution in [0.3, 0.4) is 0 Å². The van der Waals surface area contributed by atoms with Gasteiger partial charge in [-0.05, 0) is 88.3 Å². The molecule has 6 aliphatic rings. The zero-order valence-electron chi connectivity index (χ0n) is 37.8. The number of ether oxygens (including phenoxy) is 1. The van der Waals surface area contributed by atoms with Crippen molar-refractivity contribution < 1.29 is 46.7 Å². The van der Waals surface area contributed by atoms with Crippen LogP contribution >= 0.6 is 11.8 Å². The highest BCUT2D eigenvalue weighted by Crippen LogP contribution is 2.41. The molecule has 7 amide bonds. The first-order valence-electron chi connectivity index (χ1n) is 23.3. The third kappa shape index (κ3) is 11.7. The Balaban J connectivity index is 0.706. The van der Waals surface area contributed by atoms with E-state index in [0.717, 1.165) is 74.5 Å². The molecule has 0 aliphatic carbocycles. The third-order valence-corrected chi connectivity index (χ3v) is 16.2. The topological polar surface area (TPSA) is 236 Å². The van der Waals surface area contributed by atoms with Gasteiger partial charge in [0.25, 0.3) is 11.8 Å². The molecule has 8 rings (SSSR count). The standard InChI is InChI=1S/C46H61N9O10S2/c1-67(63,64)54-20-14-31(26-54)40(58)48-35(41(59)51-45-49-36(27-66-45)30-7-3-2-4-8-30)15-24-65-23-5-9-39(57)53-28-46(29-53)16-21-52(22-17-46)19-6-18-47-32-10-11-33-34(25-32)44(62)55(43(33)61)37-12-13-38(56)50-42(37)60/h2-4,7-8,10-11,25,31,35-37,45,47,49H,5-6,9,12-24,26-29H2,1H3,(H,48,58)(H,51,59)(H,50,56,60)/t31?,35-,36?,37?,45?/m0/s1. The summed E-state index contributed by atoms with van der Waals surface area (Å²) < 4.78 is 31.3. The molecule has 0 aromatic heterocycles. The number of hydrogen-bond donors (Lipinski definition) is 5. The van der Waals surface area contributed by atoms with Gasteiger partial charge in [0, 0.05) is 81.7 Å². The van der Waals surface area contributed by atoms with E-state index >= 15 is 0 Å². The highest BCUT2D eigenvalue weighted by molar-refractivity contribution is 8.00. The van der Waals surface area contributed by atoms with Crippen molar-refractivity contribution in [2.24, 2.45) is 11.3 Å². The van der Waals surface area contributed by atoms with E-state index in [1.54, 1.807) is 30.0 Å². The lowest BCUT2D eigenvalue weighted by Crippen LogP contribution is -2.61. The summed E-state index contributed by atoms with van der Waals surface area (Å²) in [5.41, 5.74) is 2.12. The van der Waals surface area contributed by atoms with Gasteiger partial charge in [0.05, 0.1) is 23.3 Å². The van der Waals surface area contributed by atoms with Crippen molar-refractivity contribution in [3.63, 3.8) is 0 Å². The molecule has 2 aromatic rings. The zero-order valence-corrected chi connectivity index (χ0v) is 39.5. The van der Waals surface area contributed by atoms with Crippen molar-refractivity contribution in [2.75, 3.05) is 82.9 Å². The maximum absolute atomic E-state index is 13.6. The molecule has 4 unspecified atom stereocenters. The number of nitrogens with one attached hydrogen (secondary N) is 5. The minimum Gasteiger partial charge on any atom is -0.385 e. The van der Waals surface area contributed by atoms with Gasteiger partial charge in [-0.3, -0.25) is 49.1 Å². The van der Waals surface area contributed by atoms with Gasteiger partial charge in [-0.25, -0.2) is 12.7 Å². The number of imide groups is 2. The van der Waals surface area contributed by atoms with E-state index in [9.17, 15) is 42.0 Å². The molecule has 67 heavy (non-hydrogen) atoms. The Bertz CT molecular complexity index is 2320. The fourth-order valence-electron chi connectivity index (χ4n) is 9.87. The molecule has 0 saturated carbocycles. The number of carbonyl (C=O) groups is 7. The van der Waals surface area contributed by atoms with Crippen molar-refractivity contribution in [1.29, 1.82) is 0 Å². The molecule has 5 N–H and O–H groups in total. The van der Waals surface area contributed by atoms with Gasteiger partial charge < -0.3 is 30.5 Å². The molecule has 5 fully saturated rings. The second-order valence-electron chi connectivity index (χ2n) is 18.6. The largest absolute Gasteiger partial charge is 0.385 e. The summed E-state index contributed by atoms with van der Waals surface area (Å²) in [5, 5.41) is 14.9. The quantitative estimate of drug-likeness (QED) is 0.0986. The van der Waals surface area contributed by atoms with Gasteiger partial charge in [-0.1, -0.05) is 30.3 Å². The van der Waals surface area contributed by atoms with Crippen LogP contribution in [0, 0.1) is 11.3 Å². The third-order valence-electron chi connectivity index (χ3n) is 13.9. The summed E-state index contributed by atoms with van der Waals surface area (Å²) in [6, 6.07) is 13.2. The molecule has 0 bridgehead atoms. The minimum atomic E-state index is -3.43. The Morgan fingerprint density at radius 2 is 1.70 bits per heavy atom. The van der Waals surface area contributed by atoms with E-state index in [1.807, 2.05) is 35.2 Å². The Hall–Kier alpha value is -4.93. The molecule has 5 saturated heterocycles. The van der Waals surface area contributed by atoms with Gasteiger partial charge in [0.15, 0.2) is 0 Å². The normalized spacial score (nSPS) is 24.6. The zero-order chi connectivity index (χ0) is 47.3. The van der Waals surface area contributed by atoms with E-state index in [2.05, 4.69) is 31.5 Å². The molecule has 21 heteroatoms. The number of sulfonamides is 1. The number of benzene rings is 2. The van der Waals surface area contributed by atoms with Gasteiger partial charge in [-0.2, -0.15) is 0 Å². The first-order chi connectivity index (χ1) is 32.2. The molecular formula is C46H61N9O10S2.